The lowest BCUT2D eigenvalue weighted by molar-refractivity contribution is 0.101. The van der Waals surface area contributed by atoms with Crippen LogP contribution in [0, 0.1) is 11.3 Å². The summed E-state index contributed by atoms with van der Waals surface area (Å²) in [7, 11) is 0. The van der Waals surface area contributed by atoms with E-state index in [-0.39, 0.29) is 17.7 Å². The van der Waals surface area contributed by atoms with Crippen LogP contribution in [-0.4, -0.2) is 31.4 Å². The summed E-state index contributed by atoms with van der Waals surface area (Å²) in [6, 6.07) is 22.9. The Kier molecular flexibility index (Phi) is 6.34. The summed E-state index contributed by atoms with van der Waals surface area (Å²) < 4.78 is 7.40. The van der Waals surface area contributed by atoms with E-state index in [2.05, 4.69) is 31.8 Å². The summed E-state index contributed by atoms with van der Waals surface area (Å²) in [5.74, 6) is 0.387. The van der Waals surface area contributed by atoms with Crippen LogP contribution in [0.3, 0.4) is 0 Å². The van der Waals surface area contributed by atoms with Crippen LogP contribution < -0.4 is 15.4 Å². The van der Waals surface area contributed by atoms with E-state index in [4.69, 9.17) is 16.3 Å². The van der Waals surface area contributed by atoms with Crippen molar-refractivity contribution in [3.05, 3.63) is 107 Å². The maximum Gasteiger partial charge on any atom is 0.258 e. The Balaban J connectivity index is 1.13. The smallest absolute Gasteiger partial charge is 0.258 e. The molecule has 6 rings (SSSR count). The molecule has 0 aliphatic heterocycles. The number of carbonyl (C=O) groups is 2. The predicted octanol–water partition coefficient (Wildman–Crippen LogP) is 5.63. The minimum absolute atomic E-state index is 0.283. The number of amides is 2. The third-order valence-corrected chi connectivity index (χ3v) is 6.71. The van der Waals surface area contributed by atoms with E-state index >= 15 is 0 Å². The topological polar surface area (TPSA) is 134 Å². The van der Waals surface area contributed by atoms with Crippen molar-refractivity contribution in [2.45, 2.75) is 18.3 Å². The molecule has 0 unspecified atom stereocenters. The second-order valence-electron chi connectivity index (χ2n) is 9.28. The number of nitrogens with zero attached hydrogens (tertiary/aromatic N) is 5. The molecule has 11 heteroatoms. The number of hydrogen-bond acceptors (Lipinski definition) is 7. The van der Waals surface area contributed by atoms with Crippen molar-refractivity contribution in [3.63, 3.8) is 0 Å². The largest absolute Gasteiger partial charge is 0.438 e. The zero-order valence-electron chi connectivity index (χ0n) is 20.8. The molecule has 196 valence electrons. The van der Waals surface area contributed by atoms with Gasteiger partial charge in [0.15, 0.2) is 11.5 Å². The van der Waals surface area contributed by atoms with E-state index in [1.807, 2.05) is 6.07 Å². The fourth-order valence-electron chi connectivity index (χ4n) is 4.19. The van der Waals surface area contributed by atoms with E-state index < -0.39 is 5.41 Å². The molecular weight excluding hydrogens is 530 g/mol. The van der Waals surface area contributed by atoms with Gasteiger partial charge in [-0.25, -0.2) is 14.5 Å². The number of anilines is 2. The first-order valence-electron chi connectivity index (χ1n) is 12.3. The highest BCUT2D eigenvalue weighted by atomic mass is 35.5. The normalized spacial score (nSPS) is 13.3. The third-order valence-electron chi connectivity index (χ3n) is 6.48. The van der Waals surface area contributed by atoms with E-state index in [9.17, 15) is 14.9 Å². The van der Waals surface area contributed by atoms with Crippen LogP contribution in [0.4, 0.5) is 11.5 Å². The molecule has 3 aromatic heterocycles. The van der Waals surface area contributed by atoms with Crippen LogP contribution in [0.5, 0.6) is 11.6 Å². The molecule has 10 nitrogen and oxygen atoms in total. The number of aromatic nitrogens is 4. The number of imidazole rings is 1. The molecular formula is C29H20ClN7O3. The Bertz CT molecular complexity index is 1810. The van der Waals surface area contributed by atoms with Gasteiger partial charge in [-0.3, -0.25) is 9.59 Å². The van der Waals surface area contributed by atoms with Gasteiger partial charge in [0.1, 0.15) is 10.9 Å². The monoisotopic (exact) mass is 549 g/mol. The number of nitriles is 1. The van der Waals surface area contributed by atoms with Gasteiger partial charge in [-0.15, -0.1) is 5.10 Å². The zero-order chi connectivity index (χ0) is 27.7. The molecule has 0 saturated heterocycles. The summed E-state index contributed by atoms with van der Waals surface area (Å²) in [6.07, 6.45) is 4.56. The lowest BCUT2D eigenvalue weighted by Crippen LogP contribution is -2.13. The minimum Gasteiger partial charge on any atom is -0.438 e. The summed E-state index contributed by atoms with van der Waals surface area (Å²) in [5.41, 5.74) is 2.27. The second kappa shape index (κ2) is 10.1. The summed E-state index contributed by atoms with van der Waals surface area (Å²) in [4.78, 5) is 33.6. The maximum absolute atomic E-state index is 12.9. The van der Waals surface area contributed by atoms with Gasteiger partial charge in [-0.2, -0.15) is 5.26 Å². The van der Waals surface area contributed by atoms with Gasteiger partial charge in [0.2, 0.25) is 5.88 Å². The molecule has 1 aliphatic carbocycles. The predicted molar refractivity (Wildman–Crippen MR) is 148 cm³/mol. The van der Waals surface area contributed by atoms with Crippen molar-refractivity contribution in [1.82, 2.24) is 19.6 Å². The number of pyridine rings is 1. The molecule has 0 radical (unpaired) electrons. The first kappa shape index (κ1) is 25.0. The van der Waals surface area contributed by atoms with Crippen molar-refractivity contribution < 1.29 is 14.3 Å². The van der Waals surface area contributed by atoms with Crippen LogP contribution in [0.1, 0.15) is 39.1 Å². The highest BCUT2D eigenvalue weighted by Crippen LogP contribution is 2.47. The van der Waals surface area contributed by atoms with Gasteiger partial charge in [0.25, 0.3) is 11.8 Å². The third kappa shape index (κ3) is 5.18. The zero-order valence-corrected chi connectivity index (χ0v) is 21.6. The van der Waals surface area contributed by atoms with Crippen molar-refractivity contribution in [2.75, 3.05) is 10.6 Å². The fraction of sp³-hybridized carbons (Fsp3) is 0.103. The number of benzene rings is 2. The van der Waals surface area contributed by atoms with E-state index in [1.54, 1.807) is 66.9 Å². The van der Waals surface area contributed by atoms with Crippen molar-refractivity contribution in [2.24, 2.45) is 0 Å². The lowest BCUT2D eigenvalue weighted by Gasteiger charge is -2.11. The Hall–Kier alpha value is -5.27. The number of hydrogen-bond donors (Lipinski definition) is 2. The van der Waals surface area contributed by atoms with Crippen LogP contribution in [0.25, 0.3) is 5.65 Å². The van der Waals surface area contributed by atoms with Gasteiger partial charge in [0, 0.05) is 29.6 Å². The molecule has 2 N–H and O–H groups in total. The molecule has 2 amide bonds. The summed E-state index contributed by atoms with van der Waals surface area (Å²) in [6.45, 7) is 0. The van der Waals surface area contributed by atoms with Gasteiger partial charge in [-0.05, 0) is 60.9 Å². The van der Waals surface area contributed by atoms with Crippen molar-refractivity contribution in [1.29, 1.82) is 5.26 Å². The highest BCUT2D eigenvalue weighted by molar-refractivity contribution is 6.29. The molecule has 1 fully saturated rings. The second-order valence-corrected chi connectivity index (χ2v) is 9.67. The van der Waals surface area contributed by atoms with E-state index in [0.717, 1.165) is 18.4 Å². The first-order chi connectivity index (χ1) is 19.4. The number of fused-ring (bicyclic) bond motifs is 1. The molecule has 2 aromatic carbocycles. The first-order valence-corrected chi connectivity index (χ1v) is 12.7. The molecule has 0 bridgehead atoms. The lowest BCUT2D eigenvalue weighted by atomic mass is 9.96. The van der Waals surface area contributed by atoms with E-state index in [0.29, 0.717) is 39.2 Å². The standard InChI is InChI=1S/C29H20ClN7O3/c30-23-8-7-19(15-32-23)28(39)35-24-16-37-25(34-24)9-10-26(36-37)40-22-6-2-5-21(14-22)33-27(38)18-3-1-4-20(13-18)29(17-31)11-12-29/h1-10,13-16H,11-12H2,(H,33,38)(H,35,39). The number of carbonyl (C=O) groups excluding carboxylic acids is 2. The average Bonchev–Trinajstić information content (AvgIpc) is 3.67. The molecule has 1 saturated carbocycles. The van der Waals surface area contributed by atoms with Crippen molar-refractivity contribution >= 4 is 40.6 Å². The van der Waals surface area contributed by atoms with Gasteiger partial charge in [0.05, 0.1) is 23.2 Å². The maximum atomic E-state index is 12.9. The average molecular weight is 550 g/mol. The van der Waals surface area contributed by atoms with Crippen molar-refractivity contribution in [3.8, 4) is 17.7 Å². The Morgan fingerprint density at radius 1 is 0.975 bits per heavy atom. The number of ether oxygens (including phenoxy) is 1. The van der Waals surface area contributed by atoms with Crippen LogP contribution >= 0.6 is 11.6 Å². The fourth-order valence-corrected chi connectivity index (χ4v) is 4.30. The minimum atomic E-state index is -0.464. The molecule has 0 atom stereocenters. The van der Waals surface area contributed by atoms with Gasteiger partial charge in [-0.1, -0.05) is 29.8 Å². The van der Waals surface area contributed by atoms with Gasteiger partial charge >= 0.3 is 0 Å². The summed E-state index contributed by atoms with van der Waals surface area (Å²) in [5, 5.41) is 19.8. The van der Waals surface area contributed by atoms with Crippen LogP contribution in [0.15, 0.2) is 85.2 Å². The number of nitrogens with one attached hydrogen (secondary N) is 2. The Morgan fingerprint density at radius 2 is 1.80 bits per heavy atom. The molecule has 0 spiro atoms. The molecule has 1 aliphatic rings. The highest BCUT2D eigenvalue weighted by Gasteiger charge is 2.45. The van der Waals surface area contributed by atoms with Gasteiger partial charge < -0.3 is 15.4 Å². The van der Waals surface area contributed by atoms with E-state index in [1.165, 1.54) is 16.8 Å². The Labute approximate surface area is 233 Å². The van der Waals surface area contributed by atoms with Crippen LogP contribution in [0.2, 0.25) is 5.15 Å². The van der Waals surface area contributed by atoms with Crippen LogP contribution in [-0.2, 0) is 5.41 Å². The molecule has 3 heterocycles. The molecule has 5 aromatic rings. The summed E-state index contributed by atoms with van der Waals surface area (Å²) >= 11 is 5.78. The number of rotatable bonds is 7. The molecule has 40 heavy (non-hydrogen) atoms. The number of halogens is 1. The quantitative estimate of drug-likeness (QED) is 0.251. The SMILES string of the molecule is N#CC1(c2cccc(C(=O)Nc3cccc(Oc4ccc5nc(NC(=O)c6ccc(Cl)nc6)cn5n4)c3)c2)CC1. The Morgan fingerprint density at radius 3 is 2.58 bits per heavy atom.